The van der Waals surface area contributed by atoms with Gasteiger partial charge in [0.05, 0.1) is 5.69 Å². The lowest BCUT2D eigenvalue weighted by molar-refractivity contribution is -0.120. The number of pyridine rings is 1. The summed E-state index contributed by atoms with van der Waals surface area (Å²) in [6, 6.07) is 6.14. The first-order valence-corrected chi connectivity index (χ1v) is 11.8. The number of hydrogen-bond donors (Lipinski definition) is 3. The highest BCUT2D eigenvalue weighted by Gasteiger charge is 2.55. The summed E-state index contributed by atoms with van der Waals surface area (Å²) in [6.07, 6.45) is 10.4. The number of fused-ring (bicyclic) bond motifs is 3. The van der Waals surface area contributed by atoms with Gasteiger partial charge in [0.15, 0.2) is 11.5 Å². The van der Waals surface area contributed by atoms with Crippen molar-refractivity contribution in [1.29, 1.82) is 0 Å². The van der Waals surface area contributed by atoms with E-state index < -0.39 is 0 Å². The minimum atomic E-state index is 0.00969. The lowest BCUT2D eigenvalue weighted by Crippen LogP contribution is -2.37. The Kier molecular flexibility index (Phi) is 4.82. The van der Waals surface area contributed by atoms with E-state index in [-0.39, 0.29) is 17.5 Å². The molecule has 4 aromatic rings. The number of anilines is 2. The molecule has 0 unspecified atom stereocenters. The number of nitrogens with one attached hydrogen (secondary N) is 3. The van der Waals surface area contributed by atoms with E-state index in [0.717, 1.165) is 60.2 Å². The molecule has 0 spiro atoms. The summed E-state index contributed by atoms with van der Waals surface area (Å²) in [5.41, 5.74) is 3.95. The third-order valence-electron chi connectivity index (χ3n) is 7.15. The van der Waals surface area contributed by atoms with Crippen molar-refractivity contribution in [1.82, 2.24) is 34.9 Å². The molecule has 0 saturated heterocycles. The van der Waals surface area contributed by atoms with Crippen molar-refractivity contribution >= 4 is 34.4 Å². The summed E-state index contributed by atoms with van der Waals surface area (Å²) < 4.78 is 1.84. The van der Waals surface area contributed by atoms with Crippen LogP contribution < -0.4 is 16.0 Å². The first-order valence-electron chi connectivity index (χ1n) is 11.8. The Morgan fingerprint density at radius 1 is 1.12 bits per heavy atom. The molecule has 4 aromatic heterocycles. The number of hydrogen-bond acceptors (Lipinski definition) is 8. The second kappa shape index (κ2) is 7.89. The minimum absolute atomic E-state index is 0.00969. The standard InChI is InChI=1S/C24H27N9O/c1-14(34)31-24-9-7-16(4-3-15(24)13-24)28-23-30-22(25-2)20-17(8-12-33(20)32-23)18-5-6-19-21(29-18)27-11-10-26-19/h5-6,8,10-12,15-16H,3-4,7,9,13H2,1-2H3,(H,31,34)(H2,25,28,30,32)/t15-,16+,24-/m0/s1. The van der Waals surface area contributed by atoms with Gasteiger partial charge in [0.1, 0.15) is 11.0 Å². The molecule has 10 heteroatoms. The molecule has 10 nitrogen and oxygen atoms in total. The molecule has 0 radical (unpaired) electrons. The molecule has 3 N–H and O–H groups in total. The highest BCUT2D eigenvalue weighted by Crippen LogP contribution is 2.52. The molecular weight excluding hydrogens is 430 g/mol. The van der Waals surface area contributed by atoms with Crippen LogP contribution in [0.5, 0.6) is 0 Å². The average Bonchev–Trinajstić information content (AvgIpc) is 3.38. The number of carbonyl (C=O) groups excluding carboxylic acids is 1. The molecule has 0 aliphatic heterocycles. The van der Waals surface area contributed by atoms with Gasteiger partial charge in [-0.2, -0.15) is 4.98 Å². The summed E-state index contributed by atoms with van der Waals surface area (Å²) in [6.45, 7) is 1.61. The van der Waals surface area contributed by atoms with Crippen molar-refractivity contribution in [3.63, 3.8) is 0 Å². The molecule has 2 aliphatic rings. The van der Waals surface area contributed by atoms with E-state index in [1.54, 1.807) is 19.3 Å². The van der Waals surface area contributed by atoms with Gasteiger partial charge in [-0.25, -0.2) is 14.5 Å². The zero-order chi connectivity index (χ0) is 23.3. The molecule has 34 heavy (non-hydrogen) atoms. The Hall–Kier alpha value is -3.82. The van der Waals surface area contributed by atoms with Crippen LogP contribution in [0.25, 0.3) is 27.9 Å². The van der Waals surface area contributed by atoms with Crippen LogP contribution >= 0.6 is 0 Å². The molecule has 6 rings (SSSR count). The van der Waals surface area contributed by atoms with E-state index in [4.69, 9.17) is 15.1 Å². The highest BCUT2D eigenvalue weighted by molar-refractivity contribution is 5.89. The summed E-state index contributed by atoms with van der Waals surface area (Å²) in [7, 11) is 1.86. The lowest BCUT2D eigenvalue weighted by atomic mass is 10.1. The Labute approximate surface area is 196 Å². The van der Waals surface area contributed by atoms with Crippen molar-refractivity contribution in [3.8, 4) is 11.3 Å². The van der Waals surface area contributed by atoms with E-state index >= 15 is 0 Å². The van der Waals surface area contributed by atoms with Crippen molar-refractivity contribution in [2.24, 2.45) is 5.92 Å². The van der Waals surface area contributed by atoms with E-state index in [2.05, 4.69) is 25.9 Å². The predicted octanol–water partition coefficient (Wildman–Crippen LogP) is 3.03. The molecule has 2 saturated carbocycles. The van der Waals surface area contributed by atoms with Gasteiger partial charge in [0.2, 0.25) is 11.9 Å². The van der Waals surface area contributed by atoms with Crippen molar-refractivity contribution in [3.05, 3.63) is 36.8 Å². The summed E-state index contributed by atoms with van der Waals surface area (Å²) >= 11 is 0. The fourth-order valence-corrected chi connectivity index (χ4v) is 5.41. The largest absolute Gasteiger partial charge is 0.371 e. The first-order chi connectivity index (χ1) is 16.5. The number of nitrogens with zero attached hydrogens (tertiary/aromatic N) is 6. The molecule has 0 bridgehead atoms. The maximum atomic E-state index is 11.6. The van der Waals surface area contributed by atoms with Crippen LogP contribution in [0.3, 0.4) is 0 Å². The number of amides is 1. The van der Waals surface area contributed by atoms with Gasteiger partial charge < -0.3 is 16.0 Å². The summed E-state index contributed by atoms with van der Waals surface area (Å²) in [5, 5.41) is 14.7. The zero-order valence-corrected chi connectivity index (χ0v) is 19.2. The topological polar surface area (TPSA) is 122 Å². The molecule has 0 aromatic carbocycles. The molecule has 3 atom stereocenters. The maximum Gasteiger partial charge on any atom is 0.243 e. The van der Waals surface area contributed by atoms with Gasteiger partial charge in [-0.3, -0.25) is 9.78 Å². The smallest absolute Gasteiger partial charge is 0.243 e. The van der Waals surface area contributed by atoms with Gasteiger partial charge in [-0.15, -0.1) is 5.10 Å². The molecule has 2 aliphatic carbocycles. The molecule has 1 amide bonds. The van der Waals surface area contributed by atoms with E-state index in [1.165, 1.54) is 0 Å². The Morgan fingerprint density at radius 3 is 2.85 bits per heavy atom. The zero-order valence-electron chi connectivity index (χ0n) is 19.2. The van der Waals surface area contributed by atoms with Crippen LogP contribution in [0.2, 0.25) is 0 Å². The monoisotopic (exact) mass is 457 g/mol. The third-order valence-corrected chi connectivity index (χ3v) is 7.15. The fraction of sp³-hybridized carbons (Fsp3) is 0.417. The maximum absolute atomic E-state index is 11.6. The van der Waals surface area contributed by atoms with Gasteiger partial charge in [-0.05, 0) is 56.2 Å². The van der Waals surface area contributed by atoms with Crippen molar-refractivity contribution in [2.45, 2.75) is 50.6 Å². The van der Waals surface area contributed by atoms with Gasteiger partial charge in [0.25, 0.3) is 0 Å². The van der Waals surface area contributed by atoms with E-state index in [9.17, 15) is 4.79 Å². The minimum Gasteiger partial charge on any atom is -0.371 e. The Balaban J connectivity index is 1.27. The number of carbonyl (C=O) groups is 1. The normalized spacial score (nSPS) is 23.8. The Morgan fingerprint density at radius 2 is 2.00 bits per heavy atom. The van der Waals surface area contributed by atoms with Gasteiger partial charge >= 0.3 is 0 Å². The van der Waals surface area contributed by atoms with Gasteiger partial charge in [-0.1, -0.05) is 0 Å². The SMILES string of the molecule is CNc1nc(N[C@@H]2CC[C@H]3C[C@@]3(NC(C)=O)CC2)nn2ccc(-c3ccc4nccnc4n3)c12. The summed E-state index contributed by atoms with van der Waals surface area (Å²) in [4.78, 5) is 29.7. The van der Waals surface area contributed by atoms with Crippen LogP contribution in [-0.2, 0) is 4.79 Å². The number of rotatable bonds is 5. The van der Waals surface area contributed by atoms with E-state index in [0.29, 0.717) is 17.5 Å². The predicted molar refractivity (Wildman–Crippen MR) is 129 cm³/mol. The second-order valence-corrected chi connectivity index (χ2v) is 9.35. The van der Waals surface area contributed by atoms with Crippen molar-refractivity contribution in [2.75, 3.05) is 17.7 Å². The highest BCUT2D eigenvalue weighted by atomic mass is 16.1. The lowest BCUT2D eigenvalue weighted by Gasteiger charge is -2.20. The summed E-state index contributed by atoms with van der Waals surface area (Å²) in [5.74, 6) is 1.97. The van der Waals surface area contributed by atoms with Crippen LogP contribution in [0.15, 0.2) is 36.8 Å². The Bertz CT molecular complexity index is 1400. The van der Waals surface area contributed by atoms with Crippen molar-refractivity contribution < 1.29 is 4.79 Å². The van der Waals surface area contributed by atoms with Crippen LogP contribution in [0, 0.1) is 5.92 Å². The quantitative estimate of drug-likeness (QED) is 0.418. The fourth-order valence-electron chi connectivity index (χ4n) is 5.41. The van der Waals surface area contributed by atoms with Crippen LogP contribution in [-0.4, -0.2) is 54.1 Å². The van der Waals surface area contributed by atoms with E-state index in [1.807, 2.05) is 36.0 Å². The molecular formula is C24H27N9O. The number of aromatic nitrogens is 6. The van der Waals surface area contributed by atoms with Crippen LogP contribution in [0.4, 0.5) is 11.8 Å². The second-order valence-electron chi connectivity index (χ2n) is 9.35. The van der Waals surface area contributed by atoms with Crippen LogP contribution in [0.1, 0.15) is 39.0 Å². The van der Waals surface area contributed by atoms with Gasteiger partial charge in [0, 0.05) is 49.7 Å². The average molecular weight is 458 g/mol. The first kappa shape index (κ1) is 20.8. The molecule has 4 heterocycles. The third kappa shape index (κ3) is 3.59. The molecule has 2 fully saturated rings. The molecule has 174 valence electrons.